The van der Waals surface area contributed by atoms with Crippen molar-refractivity contribution in [2.24, 2.45) is 0 Å². The van der Waals surface area contributed by atoms with Gasteiger partial charge >= 0.3 is 0 Å². The van der Waals surface area contributed by atoms with Crippen LogP contribution < -0.4 is 0 Å². The molecule has 0 fully saturated rings. The molecule has 1 radical (unpaired) electrons. The molecule has 0 bridgehead atoms. The summed E-state index contributed by atoms with van der Waals surface area (Å²) in [5, 5.41) is 0.993. The average Bonchev–Trinajstić information content (AvgIpc) is 2.34. The van der Waals surface area contributed by atoms with E-state index in [0.717, 1.165) is 11.7 Å². The fraction of sp³-hybridized carbons (Fsp3) is 0. The minimum absolute atomic E-state index is 0.468. The van der Waals surface area contributed by atoms with Gasteiger partial charge in [0.15, 0.2) is 0 Å². The SMILES string of the molecule is Clc1[c]c2nsnc2c(Cl)c1. The average molecular weight is 204 g/mol. The molecule has 55 valence electrons. The third kappa shape index (κ3) is 1.20. The Morgan fingerprint density at radius 3 is 3.00 bits per heavy atom. The van der Waals surface area contributed by atoms with Gasteiger partial charge < -0.3 is 0 Å². The maximum Gasteiger partial charge on any atom is 0.124 e. The van der Waals surface area contributed by atoms with Gasteiger partial charge in [0.25, 0.3) is 0 Å². The highest BCUT2D eigenvalue weighted by molar-refractivity contribution is 7.00. The molecule has 0 saturated heterocycles. The Hall–Kier alpha value is -0.380. The molecular weight excluding hydrogens is 203 g/mol. The molecule has 0 atom stereocenters. The zero-order valence-electron chi connectivity index (χ0n) is 5.14. The lowest BCUT2D eigenvalue weighted by Gasteiger charge is -1.90. The molecule has 1 heterocycles. The number of fused-ring (bicyclic) bond motifs is 1. The number of hydrogen-bond acceptors (Lipinski definition) is 3. The second-order valence-corrected chi connectivity index (χ2v) is 3.27. The van der Waals surface area contributed by atoms with Crippen molar-refractivity contribution in [1.82, 2.24) is 8.75 Å². The van der Waals surface area contributed by atoms with Crippen molar-refractivity contribution < 1.29 is 0 Å². The lowest BCUT2D eigenvalue weighted by molar-refractivity contribution is 1.63. The molecule has 1 aromatic heterocycles. The van der Waals surface area contributed by atoms with Crippen LogP contribution in [0.5, 0.6) is 0 Å². The fourth-order valence-electron chi connectivity index (χ4n) is 0.756. The second-order valence-electron chi connectivity index (χ2n) is 1.93. The van der Waals surface area contributed by atoms with Crippen molar-refractivity contribution in [1.29, 1.82) is 0 Å². The first-order valence-electron chi connectivity index (χ1n) is 2.77. The summed E-state index contributed by atoms with van der Waals surface area (Å²) >= 11 is 12.6. The first kappa shape index (κ1) is 7.28. The van der Waals surface area contributed by atoms with E-state index in [9.17, 15) is 0 Å². The van der Waals surface area contributed by atoms with E-state index < -0.39 is 0 Å². The largest absolute Gasteiger partial charge is 0.172 e. The van der Waals surface area contributed by atoms with E-state index in [-0.39, 0.29) is 0 Å². The van der Waals surface area contributed by atoms with Crippen LogP contribution in [0.15, 0.2) is 6.07 Å². The fourth-order valence-corrected chi connectivity index (χ4v) is 1.82. The molecular formula is C6HCl2N2S. The lowest BCUT2D eigenvalue weighted by atomic mass is 10.3. The summed E-state index contributed by atoms with van der Waals surface area (Å²) in [5.41, 5.74) is 1.30. The third-order valence-corrected chi connectivity index (χ3v) is 2.23. The zero-order chi connectivity index (χ0) is 7.84. The van der Waals surface area contributed by atoms with Gasteiger partial charge in [-0.1, -0.05) is 23.2 Å². The highest BCUT2D eigenvalue weighted by Crippen LogP contribution is 2.25. The minimum Gasteiger partial charge on any atom is -0.172 e. The minimum atomic E-state index is 0.468. The Bertz CT molecular complexity index is 398. The molecule has 0 unspecified atom stereocenters. The van der Waals surface area contributed by atoms with E-state index in [1.165, 1.54) is 0 Å². The van der Waals surface area contributed by atoms with Gasteiger partial charge in [0.2, 0.25) is 0 Å². The predicted molar refractivity (Wildman–Crippen MR) is 46.3 cm³/mol. The highest BCUT2D eigenvalue weighted by Gasteiger charge is 2.04. The van der Waals surface area contributed by atoms with Crippen LogP contribution in [0.1, 0.15) is 0 Å². The van der Waals surface area contributed by atoms with Gasteiger partial charge in [-0.25, -0.2) is 0 Å². The van der Waals surface area contributed by atoms with Crippen molar-refractivity contribution in [3.63, 3.8) is 0 Å². The van der Waals surface area contributed by atoms with Gasteiger partial charge in [-0.15, -0.1) is 0 Å². The summed E-state index contributed by atoms with van der Waals surface area (Å²) < 4.78 is 7.91. The van der Waals surface area contributed by atoms with Gasteiger partial charge in [-0.2, -0.15) is 8.75 Å². The Kier molecular flexibility index (Phi) is 1.71. The summed E-state index contributed by atoms with van der Waals surface area (Å²) in [4.78, 5) is 0. The molecule has 0 spiro atoms. The second kappa shape index (κ2) is 2.59. The maximum absolute atomic E-state index is 5.80. The number of nitrogens with zero attached hydrogens (tertiary/aromatic N) is 2. The van der Waals surface area contributed by atoms with Crippen molar-refractivity contribution in [3.8, 4) is 0 Å². The van der Waals surface area contributed by atoms with Gasteiger partial charge in [-0.05, 0) is 6.07 Å². The van der Waals surface area contributed by atoms with E-state index in [1.807, 2.05) is 0 Å². The Balaban J connectivity index is 2.91. The molecule has 2 rings (SSSR count). The Morgan fingerprint density at radius 1 is 1.36 bits per heavy atom. The molecule has 1 aromatic carbocycles. The molecule has 0 aliphatic carbocycles. The zero-order valence-corrected chi connectivity index (χ0v) is 7.46. The van der Waals surface area contributed by atoms with Crippen LogP contribution in [-0.2, 0) is 0 Å². The molecule has 0 aliphatic rings. The van der Waals surface area contributed by atoms with Crippen LogP contribution in [-0.4, -0.2) is 8.75 Å². The van der Waals surface area contributed by atoms with E-state index in [2.05, 4.69) is 14.8 Å². The first-order valence-corrected chi connectivity index (χ1v) is 4.25. The van der Waals surface area contributed by atoms with E-state index in [4.69, 9.17) is 23.2 Å². The van der Waals surface area contributed by atoms with E-state index in [1.54, 1.807) is 6.07 Å². The number of halogens is 2. The molecule has 0 N–H and O–H groups in total. The number of rotatable bonds is 0. The standard InChI is InChI=1S/C6HCl2N2S/c7-3-1-4(8)6-5(2-3)9-11-10-6/h1H. The number of benzene rings is 1. The Morgan fingerprint density at radius 2 is 2.18 bits per heavy atom. The molecule has 5 heteroatoms. The summed E-state index contributed by atoms with van der Waals surface area (Å²) in [6, 6.07) is 4.43. The van der Waals surface area contributed by atoms with Crippen molar-refractivity contribution in [3.05, 3.63) is 22.2 Å². The maximum atomic E-state index is 5.80. The number of aromatic nitrogens is 2. The molecule has 0 saturated carbocycles. The van der Waals surface area contributed by atoms with Crippen molar-refractivity contribution >= 4 is 46.0 Å². The van der Waals surface area contributed by atoms with Crippen LogP contribution >= 0.6 is 34.9 Å². The smallest absolute Gasteiger partial charge is 0.124 e. The van der Waals surface area contributed by atoms with Gasteiger partial charge in [-0.3, -0.25) is 0 Å². The summed E-state index contributed by atoms with van der Waals surface area (Å²) in [5.74, 6) is 0. The third-order valence-electron chi connectivity index (χ3n) is 1.21. The van der Waals surface area contributed by atoms with Crippen LogP contribution in [0.4, 0.5) is 0 Å². The van der Waals surface area contributed by atoms with Crippen LogP contribution in [0.25, 0.3) is 11.0 Å². The molecule has 0 amide bonds. The van der Waals surface area contributed by atoms with Crippen LogP contribution in [0, 0.1) is 6.07 Å². The Labute approximate surface area is 77.1 Å². The normalized spacial score (nSPS) is 10.7. The predicted octanol–water partition coefficient (Wildman–Crippen LogP) is 2.80. The summed E-state index contributed by atoms with van der Waals surface area (Å²) in [6.07, 6.45) is 0. The first-order chi connectivity index (χ1) is 5.27. The molecule has 2 nitrogen and oxygen atoms in total. The lowest BCUT2D eigenvalue weighted by Crippen LogP contribution is -1.72. The number of hydrogen-bond donors (Lipinski definition) is 0. The van der Waals surface area contributed by atoms with Crippen molar-refractivity contribution in [2.75, 3.05) is 0 Å². The molecule has 2 aromatic rings. The summed E-state index contributed by atoms with van der Waals surface area (Å²) in [6.45, 7) is 0. The molecule has 11 heavy (non-hydrogen) atoms. The topological polar surface area (TPSA) is 25.8 Å². The van der Waals surface area contributed by atoms with E-state index in [0.29, 0.717) is 21.1 Å². The quantitative estimate of drug-likeness (QED) is 0.659. The van der Waals surface area contributed by atoms with Gasteiger partial charge in [0, 0.05) is 6.07 Å². The monoisotopic (exact) mass is 203 g/mol. The van der Waals surface area contributed by atoms with E-state index >= 15 is 0 Å². The van der Waals surface area contributed by atoms with Gasteiger partial charge in [0.05, 0.1) is 21.8 Å². The van der Waals surface area contributed by atoms with Gasteiger partial charge in [0.1, 0.15) is 11.0 Å². The summed E-state index contributed by atoms with van der Waals surface area (Å²) in [7, 11) is 0. The molecule has 0 aliphatic heterocycles. The van der Waals surface area contributed by atoms with Crippen LogP contribution in [0.3, 0.4) is 0 Å². The van der Waals surface area contributed by atoms with Crippen LogP contribution in [0.2, 0.25) is 10.0 Å². The highest BCUT2D eigenvalue weighted by atomic mass is 35.5. The van der Waals surface area contributed by atoms with Crippen molar-refractivity contribution in [2.45, 2.75) is 0 Å².